The van der Waals surface area contributed by atoms with Gasteiger partial charge in [0.15, 0.2) is 0 Å². The van der Waals surface area contributed by atoms with Crippen molar-refractivity contribution in [2.45, 2.75) is 6.42 Å². The zero-order valence-corrected chi connectivity index (χ0v) is 13.8. The fourth-order valence-electron chi connectivity index (χ4n) is 2.66. The molecule has 0 aliphatic carbocycles. The van der Waals surface area contributed by atoms with E-state index in [2.05, 4.69) is 10.5 Å². The molecule has 1 heterocycles. The number of halogens is 1. The Labute approximate surface area is 146 Å². The van der Waals surface area contributed by atoms with Gasteiger partial charge in [-0.15, -0.1) is 0 Å². The number of nitrogens with zero attached hydrogens (tertiary/aromatic N) is 2. The van der Waals surface area contributed by atoms with Crippen LogP contribution in [-0.2, 0) is 16.0 Å². The van der Waals surface area contributed by atoms with Crippen LogP contribution in [-0.4, -0.2) is 38.4 Å². The molecule has 0 aromatic heterocycles. The van der Waals surface area contributed by atoms with Gasteiger partial charge in [0.1, 0.15) is 5.82 Å². The van der Waals surface area contributed by atoms with Crippen LogP contribution in [0.2, 0.25) is 0 Å². The molecule has 2 aromatic rings. The molecule has 5 nitrogen and oxygen atoms in total. The quantitative estimate of drug-likeness (QED) is 0.671. The maximum atomic E-state index is 14.3. The standard InChI is InChI=1S/C19H20FN3O2/c20-17-12-16(6-7-18(17)23-8-10-25-11-9-23)14-21-22-19(24)13-15-4-2-1-3-5-15/h1-7,12,14H,8-11,13H2,(H,22,24)/b21-14-. The number of rotatable bonds is 5. The van der Waals surface area contributed by atoms with Gasteiger partial charge in [0.25, 0.3) is 0 Å². The highest BCUT2D eigenvalue weighted by molar-refractivity contribution is 5.83. The van der Waals surface area contributed by atoms with Gasteiger partial charge in [-0.3, -0.25) is 4.79 Å². The lowest BCUT2D eigenvalue weighted by atomic mass is 10.1. The minimum atomic E-state index is -0.304. The first-order valence-corrected chi connectivity index (χ1v) is 8.20. The normalized spacial score (nSPS) is 14.7. The van der Waals surface area contributed by atoms with Gasteiger partial charge in [0.2, 0.25) is 5.91 Å². The van der Waals surface area contributed by atoms with Gasteiger partial charge in [-0.05, 0) is 23.3 Å². The zero-order valence-electron chi connectivity index (χ0n) is 13.8. The Hall–Kier alpha value is -2.73. The third-order valence-electron chi connectivity index (χ3n) is 3.93. The number of carbonyl (C=O) groups excluding carboxylic acids is 1. The lowest BCUT2D eigenvalue weighted by molar-refractivity contribution is -0.120. The Kier molecular flexibility index (Phi) is 5.74. The van der Waals surface area contributed by atoms with Crippen LogP contribution in [0.5, 0.6) is 0 Å². The predicted octanol–water partition coefficient (Wildman–Crippen LogP) is 2.36. The smallest absolute Gasteiger partial charge is 0.244 e. The van der Waals surface area contributed by atoms with E-state index >= 15 is 0 Å². The number of hydrogen-bond acceptors (Lipinski definition) is 4. The molecule has 1 saturated heterocycles. The summed E-state index contributed by atoms with van der Waals surface area (Å²) in [4.78, 5) is 13.8. The molecule has 1 N–H and O–H groups in total. The Morgan fingerprint density at radius 2 is 1.96 bits per heavy atom. The van der Waals surface area contributed by atoms with Gasteiger partial charge in [-0.25, -0.2) is 9.82 Å². The summed E-state index contributed by atoms with van der Waals surface area (Å²) in [6, 6.07) is 14.3. The fraction of sp³-hybridized carbons (Fsp3) is 0.263. The average Bonchev–Trinajstić information content (AvgIpc) is 2.63. The molecular formula is C19H20FN3O2. The Morgan fingerprint density at radius 3 is 2.68 bits per heavy atom. The second-order valence-corrected chi connectivity index (χ2v) is 5.77. The first-order valence-electron chi connectivity index (χ1n) is 8.20. The number of amides is 1. The summed E-state index contributed by atoms with van der Waals surface area (Å²) in [5.74, 6) is -0.519. The van der Waals surface area contributed by atoms with E-state index in [0.29, 0.717) is 37.6 Å². The summed E-state index contributed by atoms with van der Waals surface area (Å²) in [7, 11) is 0. The monoisotopic (exact) mass is 341 g/mol. The number of anilines is 1. The molecular weight excluding hydrogens is 321 g/mol. The highest BCUT2D eigenvalue weighted by atomic mass is 19.1. The van der Waals surface area contributed by atoms with Gasteiger partial charge in [0.05, 0.1) is 31.5 Å². The summed E-state index contributed by atoms with van der Waals surface area (Å²) in [5, 5.41) is 3.90. The van der Waals surface area contributed by atoms with E-state index in [1.54, 1.807) is 12.1 Å². The predicted molar refractivity (Wildman–Crippen MR) is 95.3 cm³/mol. The summed E-state index contributed by atoms with van der Waals surface area (Å²) < 4.78 is 19.6. The molecule has 130 valence electrons. The van der Waals surface area contributed by atoms with Gasteiger partial charge in [-0.1, -0.05) is 36.4 Å². The van der Waals surface area contributed by atoms with Gasteiger partial charge in [0, 0.05) is 13.1 Å². The highest BCUT2D eigenvalue weighted by Crippen LogP contribution is 2.21. The molecule has 1 fully saturated rings. The SMILES string of the molecule is O=C(Cc1ccccc1)N/N=C\c1ccc(N2CCOCC2)c(F)c1. The van der Waals surface area contributed by atoms with E-state index in [0.717, 1.165) is 5.56 Å². The van der Waals surface area contributed by atoms with Crippen molar-refractivity contribution < 1.29 is 13.9 Å². The van der Waals surface area contributed by atoms with Crippen molar-refractivity contribution in [2.24, 2.45) is 5.10 Å². The molecule has 1 aliphatic heterocycles. The van der Waals surface area contributed by atoms with Gasteiger partial charge in [-0.2, -0.15) is 5.10 Å². The zero-order chi connectivity index (χ0) is 17.5. The van der Waals surface area contributed by atoms with Crippen molar-refractivity contribution in [2.75, 3.05) is 31.2 Å². The topological polar surface area (TPSA) is 53.9 Å². The van der Waals surface area contributed by atoms with E-state index in [1.165, 1.54) is 12.3 Å². The van der Waals surface area contributed by atoms with Crippen LogP contribution in [0.15, 0.2) is 53.6 Å². The number of hydrazone groups is 1. The fourth-order valence-corrected chi connectivity index (χ4v) is 2.66. The van der Waals surface area contributed by atoms with Crippen LogP contribution >= 0.6 is 0 Å². The summed E-state index contributed by atoms with van der Waals surface area (Å²) in [6.45, 7) is 2.58. The Balaban J connectivity index is 1.56. The third-order valence-corrected chi connectivity index (χ3v) is 3.93. The molecule has 0 atom stereocenters. The Morgan fingerprint density at radius 1 is 1.20 bits per heavy atom. The summed E-state index contributed by atoms with van der Waals surface area (Å²) in [6.07, 6.45) is 1.69. The number of carbonyl (C=O) groups is 1. The molecule has 3 rings (SSSR count). The second kappa shape index (κ2) is 8.39. The average molecular weight is 341 g/mol. The van der Waals surface area contributed by atoms with Crippen molar-refractivity contribution in [1.29, 1.82) is 0 Å². The second-order valence-electron chi connectivity index (χ2n) is 5.77. The van der Waals surface area contributed by atoms with E-state index in [9.17, 15) is 9.18 Å². The third kappa shape index (κ3) is 4.87. The van der Waals surface area contributed by atoms with Crippen molar-refractivity contribution >= 4 is 17.8 Å². The van der Waals surface area contributed by atoms with Crippen molar-refractivity contribution in [1.82, 2.24) is 5.43 Å². The van der Waals surface area contributed by atoms with Gasteiger partial charge < -0.3 is 9.64 Å². The maximum absolute atomic E-state index is 14.3. The van der Waals surface area contributed by atoms with Gasteiger partial charge >= 0.3 is 0 Å². The lowest BCUT2D eigenvalue weighted by Gasteiger charge is -2.29. The van der Waals surface area contributed by atoms with Crippen LogP contribution in [0.1, 0.15) is 11.1 Å². The number of morpholine rings is 1. The van der Waals surface area contributed by atoms with E-state index < -0.39 is 0 Å². The minimum Gasteiger partial charge on any atom is -0.378 e. The molecule has 25 heavy (non-hydrogen) atoms. The molecule has 6 heteroatoms. The maximum Gasteiger partial charge on any atom is 0.244 e. The first-order chi connectivity index (χ1) is 12.2. The number of ether oxygens (including phenoxy) is 1. The van der Waals surface area contributed by atoms with Crippen molar-refractivity contribution in [3.63, 3.8) is 0 Å². The van der Waals surface area contributed by atoms with Crippen LogP contribution in [0.3, 0.4) is 0 Å². The van der Waals surface area contributed by atoms with Crippen LogP contribution in [0.25, 0.3) is 0 Å². The summed E-state index contributed by atoms with van der Waals surface area (Å²) in [5.41, 5.74) is 4.53. The van der Waals surface area contributed by atoms with E-state index in [-0.39, 0.29) is 18.1 Å². The van der Waals surface area contributed by atoms with E-state index in [1.807, 2.05) is 35.2 Å². The number of benzene rings is 2. The largest absolute Gasteiger partial charge is 0.378 e. The molecule has 2 aromatic carbocycles. The van der Waals surface area contributed by atoms with Crippen molar-refractivity contribution in [3.8, 4) is 0 Å². The Bertz CT molecular complexity index is 744. The molecule has 0 bridgehead atoms. The number of hydrogen-bond donors (Lipinski definition) is 1. The molecule has 1 amide bonds. The summed E-state index contributed by atoms with van der Waals surface area (Å²) >= 11 is 0. The molecule has 1 aliphatic rings. The molecule has 0 saturated carbocycles. The number of nitrogens with one attached hydrogen (secondary N) is 1. The van der Waals surface area contributed by atoms with Crippen LogP contribution in [0.4, 0.5) is 10.1 Å². The van der Waals surface area contributed by atoms with E-state index in [4.69, 9.17) is 4.74 Å². The lowest BCUT2D eigenvalue weighted by Crippen LogP contribution is -2.36. The molecule has 0 spiro atoms. The van der Waals surface area contributed by atoms with Crippen molar-refractivity contribution in [3.05, 3.63) is 65.5 Å². The minimum absolute atomic E-state index is 0.215. The molecule has 0 unspecified atom stereocenters. The molecule has 0 radical (unpaired) electrons. The van der Waals surface area contributed by atoms with Crippen LogP contribution in [0, 0.1) is 5.82 Å². The first kappa shape index (κ1) is 17.1. The highest BCUT2D eigenvalue weighted by Gasteiger charge is 2.14. The van der Waals surface area contributed by atoms with Crippen LogP contribution < -0.4 is 10.3 Å².